The zero-order chi connectivity index (χ0) is 23.1. The van der Waals surface area contributed by atoms with Crippen LogP contribution in [0.5, 0.6) is 0 Å². The maximum absolute atomic E-state index is 13.6. The Morgan fingerprint density at radius 3 is 2.34 bits per heavy atom. The molecule has 0 saturated carbocycles. The van der Waals surface area contributed by atoms with Crippen LogP contribution in [0.3, 0.4) is 0 Å². The first-order valence-electron chi connectivity index (χ1n) is 9.70. The molecule has 1 saturated heterocycles. The van der Waals surface area contributed by atoms with E-state index in [1.54, 1.807) is 30.3 Å². The van der Waals surface area contributed by atoms with Crippen molar-refractivity contribution in [3.63, 3.8) is 0 Å². The summed E-state index contributed by atoms with van der Waals surface area (Å²) in [5.41, 5.74) is 9.65. The fourth-order valence-corrected chi connectivity index (χ4v) is 3.16. The number of alkyl halides is 3. The van der Waals surface area contributed by atoms with Crippen molar-refractivity contribution in [3.05, 3.63) is 76.7 Å². The number of ether oxygens (including phenoxy) is 3. The molecule has 0 aliphatic carbocycles. The minimum absolute atomic E-state index is 0.0157. The Labute approximate surface area is 181 Å². The summed E-state index contributed by atoms with van der Waals surface area (Å²) in [5, 5.41) is 14.3. The summed E-state index contributed by atoms with van der Waals surface area (Å²) in [7, 11) is 0. The molecule has 1 fully saturated rings. The zero-order valence-corrected chi connectivity index (χ0v) is 17.0. The molecule has 0 unspecified atom stereocenters. The van der Waals surface area contributed by atoms with Crippen LogP contribution in [0.1, 0.15) is 12.5 Å². The number of rotatable bonds is 6. The standard InChI is InChI=1S/C21H21F3N4O4/c1-13-16(27-28-25)18(30-12-14-8-4-2-5-9-14)17(29)19(31-13)32-20(21(22,23)24)26-15-10-6-3-7-11-15/h2-11,13,16-19,29H,12H2,1H3/b26-20+/t13-,16-,17+,18+,19-/m1/s1. The molecule has 5 atom stereocenters. The Morgan fingerprint density at radius 1 is 1.12 bits per heavy atom. The van der Waals surface area contributed by atoms with Gasteiger partial charge in [-0.05, 0) is 30.2 Å². The largest absolute Gasteiger partial charge is 0.468 e. The normalized spacial score (nSPS) is 26.3. The van der Waals surface area contributed by atoms with Gasteiger partial charge in [-0.1, -0.05) is 53.6 Å². The molecule has 2 aromatic rings. The molecular weight excluding hydrogens is 429 g/mol. The lowest BCUT2D eigenvalue weighted by molar-refractivity contribution is -0.259. The Kier molecular flexibility index (Phi) is 7.70. The summed E-state index contributed by atoms with van der Waals surface area (Å²) in [6.45, 7) is 1.52. The van der Waals surface area contributed by atoms with Gasteiger partial charge in [0.1, 0.15) is 12.2 Å². The first kappa shape index (κ1) is 23.6. The van der Waals surface area contributed by atoms with Crippen LogP contribution in [-0.2, 0) is 20.8 Å². The van der Waals surface area contributed by atoms with Gasteiger partial charge in [-0.3, -0.25) is 0 Å². The third-order valence-electron chi connectivity index (χ3n) is 4.71. The average molecular weight is 450 g/mol. The van der Waals surface area contributed by atoms with Gasteiger partial charge in [0.05, 0.1) is 24.4 Å². The molecular formula is C21H21F3N4O4. The van der Waals surface area contributed by atoms with Crippen molar-refractivity contribution in [2.45, 2.75) is 50.4 Å². The molecule has 0 bridgehead atoms. The summed E-state index contributed by atoms with van der Waals surface area (Å²) < 4.78 is 56.8. The van der Waals surface area contributed by atoms with E-state index in [9.17, 15) is 18.3 Å². The Morgan fingerprint density at radius 2 is 1.75 bits per heavy atom. The second-order valence-electron chi connectivity index (χ2n) is 7.03. The van der Waals surface area contributed by atoms with E-state index in [0.717, 1.165) is 5.56 Å². The molecule has 11 heteroatoms. The molecule has 1 aliphatic rings. The van der Waals surface area contributed by atoms with Crippen LogP contribution in [-0.4, -0.2) is 47.8 Å². The summed E-state index contributed by atoms with van der Waals surface area (Å²) in [6, 6.07) is 15.4. The highest BCUT2D eigenvalue weighted by Gasteiger charge is 2.48. The van der Waals surface area contributed by atoms with Crippen LogP contribution in [0.15, 0.2) is 70.8 Å². The molecule has 0 spiro atoms. The van der Waals surface area contributed by atoms with Crippen LogP contribution < -0.4 is 0 Å². The smallest absolute Gasteiger partial charge is 0.441 e. The lowest BCUT2D eigenvalue weighted by atomic mass is 9.97. The highest BCUT2D eigenvalue weighted by Crippen LogP contribution is 2.30. The molecule has 170 valence electrons. The van der Waals surface area contributed by atoms with E-state index in [1.807, 2.05) is 6.07 Å². The van der Waals surface area contributed by atoms with Crippen LogP contribution in [0, 0.1) is 0 Å². The van der Waals surface area contributed by atoms with Crippen molar-refractivity contribution >= 4 is 11.6 Å². The van der Waals surface area contributed by atoms with Crippen molar-refractivity contribution in [2.24, 2.45) is 10.1 Å². The van der Waals surface area contributed by atoms with Crippen LogP contribution in [0.4, 0.5) is 18.9 Å². The van der Waals surface area contributed by atoms with E-state index < -0.39 is 42.7 Å². The molecule has 1 N–H and O–H groups in total. The Hall–Kier alpha value is -3.11. The molecule has 0 aromatic heterocycles. The fraction of sp³-hybridized carbons (Fsp3) is 0.381. The van der Waals surface area contributed by atoms with E-state index in [-0.39, 0.29) is 12.3 Å². The molecule has 8 nitrogen and oxygen atoms in total. The number of azide groups is 1. The lowest BCUT2D eigenvalue weighted by Gasteiger charge is -2.41. The lowest BCUT2D eigenvalue weighted by Crippen LogP contribution is -2.58. The van der Waals surface area contributed by atoms with Crippen LogP contribution in [0.25, 0.3) is 10.4 Å². The molecule has 32 heavy (non-hydrogen) atoms. The molecule has 2 aromatic carbocycles. The zero-order valence-electron chi connectivity index (χ0n) is 17.0. The quantitative estimate of drug-likeness (QED) is 0.227. The van der Waals surface area contributed by atoms with Crippen molar-refractivity contribution in [2.75, 3.05) is 0 Å². The first-order valence-corrected chi connectivity index (χ1v) is 9.70. The average Bonchev–Trinajstić information content (AvgIpc) is 2.77. The minimum Gasteiger partial charge on any atom is -0.441 e. The van der Waals surface area contributed by atoms with Crippen molar-refractivity contribution in [3.8, 4) is 0 Å². The summed E-state index contributed by atoms with van der Waals surface area (Å²) in [4.78, 5) is 6.25. The minimum atomic E-state index is -4.94. The van der Waals surface area contributed by atoms with E-state index >= 15 is 0 Å². The van der Waals surface area contributed by atoms with Gasteiger partial charge in [0, 0.05) is 4.91 Å². The monoisotopic (exact) mass is 450 g/mol. The number of hydrogen-bond donors (Lipinski definition) is 1. The highest BCUT2D eigenvalue weighted by atomic mass is 19.4. The summed E-state index contributed by atoms with van der Waals surface area (Å²) in [5.74, 6) is -1.58. The third kappa shape index (κ3) is 5.98. The molecule has 0 amide bonds. The predicted octanol–water partition coefficient (Wildman–Crippen LogP) is 4.67. The second kappa shape index (κ2) is 10.5. The fourth-order valence-electron chi connectivity index (χ4n) is 3.16. The molecule has 0 radical (unpaired) electrons. The van der Waals surface area contributed by atoms with Gasteiger partial charge in [-0.2, -0.15) is 13.2 Å². The first-order chi connectivity index (χ1) is 15.3. The second-order valence-corrected chi connectivity index (χ2v) is 7.03. The SMILES string of the molecule is C[C@H]1O[C@H](O/C(=N/c2ccccc2)C(F)(F)F)[C@@H](O)[C@@H](OCc2ccccc2)[C@@H]1N=[N+]=[N-]. The Balaban J connectivity index is 1.83. The van der Waals surface area contributed by atoms with Crippen molar-refractivity contribution < 1.29 is 32.5 Å². The third-order valence-corrected chi connectivity index (χ3v) is 4.71. The van der Waals surface area contributed by atoms with Gasteiger partial charge >= 0.3 is 6.18 Å². The Bertz CT molecular complexity index is 953. The number of para-hydroxylation sites is 1. The van der Waals surface area contributed by atoms with E-state index in [0.29, 0.717) is 0 Å². The van der Waals surface area contributed by atoms with Gasteiger partial charge in [0.15, 0.2) is 0 Å². The summed E-state index contributed by atoms with van der Waals surface area (Å²) >= 11 is 0. The number of aliphatic hydroxyl groups excluding tert-OH is 1. The maximum Gasteiger partial charge on any atom is 0.468 e. The van der Waals surface area contributed by atoms with Crippen molar-refractivity contribution in [1.82, 2.24) is 0 Å². The van der Waals surface area contributed by atoms with E-state index in [1.165, 1.54) is 31.2 Å². The topological polar surface area (TPSA) is 109 Å². The number of aliphatic hydroxyl groups is 1. The number of hydrogen-bond acceptors (Lipinski definition) is 6. The maximum atomic E-state index is 13.6. The predicted molar refractivity (Wildman–Crippen MR) is 109 cm³/mol. The van der Waals surface area contributed by atoms with E-state index in [4.69, 9.17) is 19.7 Å². The number of halogens is 3. The van der Waals surface area contributed by atoms with Gasteiger partial charge < -0.3 is 19.3 Å². The number of nitrogens with zero attached hydrogens (tertiary/aromatic N) is 4. The number of benzene rings is 2. The van der Waals surface area contributed by atoms with Gasteiger partial charge in [0.25, 0.3) is 5.90 Å². The number of aliphatic imine (C=N–C) groups is 1. The molecule has 1 aliphatic heterocycles. The van der Waals surface area contributed by atoms with Crippen LogP contribution in [0.2, 0.25) is 0 Å². The highest BCUT2D eigenvalue weighted by molar-refractivity contribution is 5.84. The molecule has 1 heterocycles. The van der Waals surface area contributed by atoms with Crippen LogP contribution >= 0.6 is 0 Å². The summed E-state index contributed by atoms with van der Waals surface area (Å²) in [6.07, 6.45) is -10.4. The van der Waals surface area contributed by atoms with Gasteiger partial charge in [0.2, 0.25) is 6.29 Å². The van der Waals surface area contributed by atoms with E-state index in [2.05, 4.69) is 15.0 Å². The van der Waals surface area contributed by atoms with Gasteiger partial charge in [-0.25, -0.2) is 4.99 Å². The van der Waals surface area contributed by atoms with Gasteiger partial charge in [-0.15, -0.1) is 0 Å². The molecule has 3 rings (SSSR count). The van der Waals surface area contributed by atoms with Crippen molar-refractivity contribution in [1.29, 1.82) is 0 Å².